The Hall–Kier alpha value is -0.160. The molecule has 0 amide bonds. The minimum atomic E-state index is 0.0105. The summed E-state index contributed by atoms with van der Waals surface area (Å²) in [6.07, 6.45) is 1.76. The second-order valence-corrected chi connectivity index (χ2v) is 7.11. The van der Waals surface area contributed by atoms with E-state index in [-0.39, 0.29) is 5.60 Å². The molecule has 0 bridgehead atoms. The first kappa shape index (κ1) is 15.2. The molecule has 2 aliphatic heterocycles. The van der Waals surface area contributed by atoms with Crippen LogP contribution in [0.2, 0.25) is 0 Å². The molecule has 0 radical (unpaired) electrons. The fourth-order valence-electron chi connectivity index (χ4n) is 2.87. The zero-order chi connectivity index (χ0) is 13.9. The van der Waals surface area contributed by atoms with Gasteiger partial charge in [0.1, 0.15) is 0 Å². The van der Waals surface area contributed by atoms with Crippen LogP contribution in [0.5, 0.6) is 0 Å². The second-order valence-electron chi connectivity index (χ2n) is 7.11. The van der Waals surface area contributed by atoms with Gasteiger partial charge in [0.15, 0.2) is 0 Å². The van der Waals surface area contributed by atoms with Gasteiger partial charge in [-0.1, -0.05) is 0 Å². The van der Waals surface area contributed by atoms with Gasteiger partial charge in [0.2, 0.25) is 0 Å². The van der Waals surface area contributed by atoms with Gasteiger partial charge in [-0.15, -0.1) is 0 Å². The van der Waals surface area contributed by atoms with Crippen LogP contribution in [0.4, 0.5) is 0 Å². The molecule has 0 aromatic rings. The fraction of sp³-hybridized carbons (Fsp3) is 1.00. The van der Waals surface area contributed by atoms with Gasteiger partial charge >= 0.3 is 0 Å². The number of nitrogens with zero attached hydrogens (tertiary/aromatic N) is 3. The molecule has 4 nitrogen and oxygen atoms in total. The first-order chi connectivity index (χ1) is 8.92. The molecule has 2 aliphatic rings. The lowest BCUT2D eigenvalue weighted by Gasteiger charge is -2.42. The molecule has 0 unspecified atom stereocenters. The standard InChI is InChI=1S/C15H31N3O/c1-15(2,3)19-14-12-18(13-14)7-5-6-17-10-8-16(4)9-11-17/h14H,5-13H2,1-4H3. The van der Waals surface area contributed by atoms with Gasteiger partial charge in [-0.2, -0.15) is 0 Å². The van der Waals surface area contributed by atoms with Gasteiger partial charge in [0.25, 0.3) is 0 Å². The Morgan fingerprint density at radius 1 is 0.947 bits per heavy atom. The lowest BCUT2D eigenvalue weighted by Crippen LogP contribution is -2.54. The Bertz CT molecular complexity index is 263. The third kappa shape index (κ3) is 5.38. The summed E-state index contributed by atoms with van der Waals surface area (Å²) in [5.74, 6) is 0. The van der Waals surface area contributed by atoms with E-state index in [0.29, 0.717) is 6.10 Å². The van der Waals surface area contributed by atoms with Crippen molar-refractivity contribution in [1.82, 2.24) is 14.7 Å². The molecular formula is C15H31N3O. The highest BCUT2D eigenvalue weighted by Gasteiger charge is 2.30. The largest absolute Gasteiger partial charge is 0.370 e. The first-order valence-corrected chi connectivity index (χ1v) is 7.73. The highest BCUT2D eigenvalue weighted by Crippen LogP contribution is 2.19. The highest BCUT2D eigenvalue weighted by molar-refractivity contribution is 4.83. The van der Waals surface area contributed by atoms with Crippen molar-refractivity contribution >= 4 is 0 Å². The molecule has 0 atom stereocenters. The number of hydrogen-bond acceptors (Lipinski definition) is 4. The van der Waals surface area contributed by atoms with E-state index in [9.17, 15) is 0 Å². The number of ether oxygens (including phenoxy) is 1. The molecule has 0 aromatic heterocycles. The number of likely N-dealkylation sites (tertiary alicyclic amines) is 1. The van der Waals surface area contributed by atoms with Crippen LogP contribution < -0.4 is 0 Å². The summed E-state index contributed by atoms with van der Waals surface area (Å²) in [6, 6.07) is 0. The molecule has 2 rings (SSSR count). The van der Waals surface area contributed by atoms with Crippen LogP contribution in [0, 0.1) is 0 Å². The fourth-order valence-corrected chi connectivity index (χ4v) is 2.87. The van der Waals surface area contributed by atoms with Gasteiger partial charge in [-0.05, 0) is 47.3 Å². The molecule has 19 heavy (non-hydrogen) atoms. The topological polar surface area (TPSA) is 19.0 Å². The smallest absolute Gasteiger partial charge is 0.0835 e. The van der Waals surface area contributed by atoms with E-state index in [1.807, 2.05) is 0 Å². The monoisotopic (exact) mass is 269 g/mol. The summed E-state index contributed by atoms with van der Waals surface area (Å²) in [7, 11) is 2.22. The summed E-state index contributed by atoms with van der Waals surface area (Å²) in [5, 5.41) is 0. The molecule has 2 saturated heterocycles. The van der Waals surface area contributed by atoms with E-state index in [4.69, 9.17) is 4.74 Å². The molecule has 112 valence electrons. The molecule has 0 aliphatic carbocycles. The third-order valence-electron chi connectivity index (χ3n) is 3.99. The molecular weight excluding hydrogens is 238 g/mol. The maximum absolute atomic E-state index is 5.95. The van der Waals surface area contributed by atoms with Crippen LogP contribution in [0.25, 0.3) is 0 Å². The molecule has 0 aromatic carbocycles. The van der Waals surface area contributed by atoms with Crippen molar-refractivity contribution in [1.29, 1.82) is 0 Å². The highest BCUT2D eigenvalue weighted by atomic mass is 16.5. The van der Waals surface area contributed by atoms with Crippen LogP contribution in [-0.4, -0.2) is 85.8 Å². The summed E-state index contributed by atoms with van der Waals surface area (Å²) in [5.41, 5.74) is 0.0105. The van der Waals surface area contributed by atoms with Crippen LogP contribution in [0.15, 0.2) is 0 Å². The van der Waals surface area contributed by atoms with Crippen LogP contribution in [-0.2, 0) is 4.74 Å². The summed E-state index contributed by atoms with van der Waals surface area (Å²) in [6.45, 7) is 16.1. The Morgan fingerprint density at radius 2 is 1.53 bits per heavy atom. The van der Waals surface area contributed by atoms with Gasteiger partial charge < -0.3 is 14.5 Å². The molecule has 0 saturated carbocycles. The van der Waals surface area contributed by atoms with Crippen LogP contribution >= 0.6 is 0 Å². The Balaban J connectivity index is 1.49. The van der Waals surface area contributed by atoms with Crippen molar-refractivity contribution in [3.8, 4) is 0 Å². The van der Waals surface area contributed by atoms with E-state index in [0.717, 1.165) is 13.1 Å². The van der Waals surface area contributed by atoms with E-state index in [1.165, 1.54) is 45.7 Å². The summed E-state index contributed by atoms with van der Waals surface area (Å²) in [4.78, 5) is 7.54. The Labute approximate surface area is 118 Å². The van der Waals surface area contributed by atoms with E-state index < -0.39 is 0 Å². The van der Waals surface area contributed by atoms with Crippen molar-refractivity contribution < 1.29 is 4.74 Å². The van der Waals surface area contributed by atoms with E-state index >= 15 is 0 Å². The van der Waals surface area contributed by atoms with Crippen molar-refractivity contribution in [3.05, 3.63) is 0 Å². The minimum Gasteiger partial charge on any atom is -0.370 e. The molecule has 0 spiro atoms. The molecule has 2 heterocycles. The average molecular weight is 269 g/mol. The zero-order valence-electron chi connectivity index (χ0n) is 13.2. The SMILES string of the molecule is CN1CCN(CCCN2CC(OC(C)(C)C)C2)CC1. The second kappa shape index (κ2) is 6.53. The van der Waals surface area contributed by atoms with Gasteiger partial charge in [0.05, 0.1) is 11.7 Å². The number of piperazine rings is 1. The molecule has 2 fully saturated rings. The molecule has 0 N–H and O–H groups in total. The third-order valence-corrected chi connectivity index (χ3v) is 3.99. The van der Waals surface area contributed by atoms with Crippen LogP contribution in [0.1, 0.15) is 27.2 Å². The number of rotatable bonds is 5. The minimum absolute atomic E-state index is 0.0105. The molecule has 4 heteroatoms. The van der Waals surface area contributed by atoms with Crippen LogP contribution in [0.3, 0.4) is 0 Å². The Kier molecular flexibility index (Phi) is 5.23. The van der Waals surface area contributed by atoms with Crippen molar-refractivity contribution in [2.24, 2.45) is 0 Å². The van der Waals surface area contributed by atoms with Gasteiger partial charge in [-0.25, -0.2) is 0 Å². The maximum Gasteiger partial charge on any atom is 0.0835 e. The zero-order valence-corrected chi connectivity index (χ0v) is 13.2. The van der Waals surface area contributed by atoms with E-state index in [1.54, 1.807) is 0 Å². The van der Waals surface area contributed by atoms with Crippen molar-refractivity contribution in [2.75, 3.05) is 59.4 Å². The normalized spacial score (nSPS) is 24.6. The number of hydrogen-bond donors (Lipinski definition) is 0. The van der Waals surface area contributed by atoms with Gasteiger partial charge in [0, 0.05) is 39.3 Å². The average Bonchev–Trinajstić information content (AvgIpc) is 2.26. The predicted molar refractivity (Wildman–Crippen MR) is 79.6 cm³/mol. The first-order valence-electron chi connectivity index (χ1n) is 7.73. The van der Waals surface area contributed by atoms with E-state index in [2.05, 4.69) is 42.5 Å². The van der Waals surface area contributed by atoms with Crippen molar-refractivity contribution in [3.63, 3.8) is 0 Å². The van der Waals surface area contributed by atoms with Gasteiger partial charge in [-0.3, -0.25) is 4.90 Å². The lowest BCUT2D eigenvalue weighted by molar-refractivity contribution is -0.124. The summed E-state index contributed by atoms with van der Waals surface area (Å²) >= 11 is 0. The maximum atomic E-state index is 5.95. The quantitative estimate of drug-likeness (QED) is 0.744. The van der Waals surface area contributed by atoms with Crippen molar-refractivity contribution in [2.45, 2.75) is 38.9 Å². The summed E-state index contributed by atoms with van der Waals surface area (Å²) < 4.78 is 5.95. The Morgan fingerprint density at radius 3 is 2.11 bits per heavy atom. The number of likely N-dealkylation sites (N-methyl/N-ethyl adjacent to an activating group) is 1. The lowest BCUT2D eigenvalue weighted by atomic mass is 10.1. The predicted octanol–water partition coefficient (Wildman–Crippen LogP) is 1.12.